The van der Waals surface area contributed by atoms with Gasteiger partial charge in [-0.2, -0.15) is 0 Å². The van der Waals surface area contributed by atoms with Crippen LogP contribution in [0, 0.1) is 0 Å². The Kier molecular flexibility index (Phi) is 8.01. The minimum atomic E-state index is -0.417. The van der Waals surface area contributed by atoms with Gasteiger partial charge >= 0.3 is 0 Å². The number of aliphatic hydroxyl groups is 1. The quantitative estimate of drug-likeness (QED) is 0.678. The van der Waals surface area contributed by atoms with Crippen molar-refractivity contribution in [2.24, 2.45) is 0 Å². The Morgan fingerprint density at radius 3 is 1.82 bits per heavy atom. The van der Waals surface area contributed by atoms with Gasteiger partial charge in [-0.15, -0.1) is 0 Å². The van der Waals surface area contributed by atoms with E-state index < -0.39 is 6.10 Å². The third-order valence-electron chi connectivity index (χ3n) is 3.83. The molecule has 1 atom stereocenters. The third kappa shape index (κ3) is 4.23. The minimum Gasteiger partial charge on any atom is -0.389 e. The molecular formula is C14H31NO2. The first-order chi connectivity index (χ1) is 7.98. The van der Waals surface area contributed by atoms with Crippen LogP contribution < -0.4 is 0 Å². The fourth-order valence-corrected chi connectivity index (χ4v) is 2.67. The summed E-state index contributed by atoms with van der Waals surface area (Å²) in [5.41, 5.74) is -0.140. The van der Waals surface area contributed by atoms with Crippen molar-refractivity contribution in [3.63, 3.8) is 0 Å². The van der Waals surface area contributed by atoms with E-state index in [1.165, 1.54) is 0 Å². The first kappa shape index (κ1) is 16.9. The van der Waals surface area contributed by atoms with Crippen molar-refractivity contribution in [3.8, 4) is 0 Å². The Labute approximate surface area is 107 Å². The van der Waals surface area contributed by atoms with Gasteiger partial charge in [-0.3, -0.25) is 4.90 Å². The van der Waals surface area contributed by atoms with Crippen LogP contribution in [0.25, 0.3) is 0 Å². The maximum absolute atomic E-state index is 10.5. The standard InChI is InChI=1S/C14H31NO2/c1-7-14(8-2,15(9-3)10-4)13(16)11-17-12(5)6/h12-13,16H,7-11H2,1-6H3. The van der Waals surface area contributed by atoms with Gasteiger partial charge in [-0.05, 0) is 39.8 Å². The molecule has 0 fully saturated rings. The summed E-state index contributed by atoms with van der Waals surface area (Å²) in [5, 5.41) is 10.5. The van der Waals surface area contributed by atoms with Crippen LogP contribution in [0.15, 0.2) is 0 Å². The molecule has 0 heterocycles. The number of ether oxygens (including phenoxy) is 1. The Morgan fingerprint density at radius 2 is 1.53 bits per heavy atom. The van der Waals surface area contributed by atoms with Gasteiger partial charge in [-0.25, -0.2) is 0 Å². The zero-order chi connectivity index (χ0) is 13.5. The predicted octanol–water partition coefficient (Wildman–Crippen LogP) is 2.67. The molecule has 1 unspecified atom stereocenters. The maximum atomic E-state index is 10.5. The van der Waals surface area contributed by atoms with Crippen LogP contribution in [0.2, 0.25) is 0 Å². The lowest BCUT2D eigenvalue weighted by molar-refractivity contribution is -0.0854. The molecule has 0 amide bonds. The Balaban J connectivity index is 4.78. The molecule has 0 aromatic rings. The van der Waals surface area contributed by atoms with E-state index in [1.807, 2.05) is 13.8 Å². The van der Waals surface area contributed by atoms with Gasteiger partial charge < -0.3 is 9.84 Å². The molecule has 0 aliphatic rings. The van der Waals surface area contributed by atoms with Gasteiger partial charge in [0.2, 0.25) is 0 Å². The third-order valence-corrected chi connectivity index (χ3v) is 3.83. The fourth-order valence-electron chi connectivity index (χ4n) is 2.67. The van der Waals surface area contributed by atoms with Crippen molar-refractivity contribution in [2.45, 2.75) is 72.1 Å². The van der Waals surface area contributed by atoms with Crippen molar-refractivity contribution in [3.05, 3.63) is 0 Å². The van der Waals surface area contributed by atoms with Crippen LogP contribution in [-0.4, -0.2) is 47.4 Å². The van der Waals surface area contributed by atoms with E-state index in [1.54, 1.807) is 0 Å². The van der Waals surface area contributed by atoms with Gasteiger partial charge in [0.15, 0.2) is 0 Å². The average Bonchev–Trinajstić information content (AvgIpc) is 2.33. The second kappa shape index (κ2) is 8.06. The predicted molar refractivity (Wildman–Crippen MR) is 73.3 cm³/mol. The Bertz CT molecular complexity index is 187. The van der Waals surface area contributed by atoms with E-state index in [0.717, 1.165) is 25.9 Å². The highest BCUT2D eigenvalue weighted by molar-refractivity contribution is 4.94. The molecule has 0 saturated carbocycles. The number of aliphatic hydroxyl groups excluding tert-OH is 1. The van der Waals surface area contributed by atoms with Gasteiger partial charge in [0.25, 0.3) is 0 Å². The van der Waals surface area contributed by atoms with Crippen LogP contribution >= 0.6 is 0 Å². The molecule has 3 heteroatoms. The molecule has 0 radical (unpaired) electrons. The maximum Gasteiger partial charge on any atom is 0.0956 e. The van der Waals surface area contributed by atoms with E-state index >= 15 is 0 Å². The fraction of sp³-hybridized carbons (Fsp3) is 1.00. The second-order valence-corrected chi connectivity index (χ2v) is 4.88. The lowest BCUT2D eigenvalue weighted by atomic mass is 9.84. The Hall–Kier alpha value is -0.120. The lowest BCUT2D eigenvalue weighted by Gasteiger charge is -2.45. The number of hydrogen-bond donors (Lipinski definition) is 1. The number of hydrogen-bond acceptors (Lipinski definition) is 3. The SMILES string of the molecule is CCN(CC)C(CC)(CC)C(O)COC(C)C. The van der Waals surface area contributed by atoms with E-state index in [2.05, 4.69) is 32.6 Å². The molecule has 0 saturated heterocycles. The van der Waals surface area contributed by atoms with Gasteiger partial charge in [0.05, 0.1) is 18.8 Å². The van der Waals surface area contributed by atoms with Crippen molar-refractivity contribution >= 4 is 0 Å². The molecule has 0 rings (SSSR count). The summed E-state index contributed by atoms with van der Waals surface area (Å²) < 4.78 is 5.58. The van der Waals surface area contributed by atoms with Gasteiger partial charge in [0, 0.05) is 5.54 Å². The summed E-state index contributed by atoms with van der Waals surface area (Å²) >= 11 is 0. The minimum absolute atomic E-state index is 0.140. The van der Waals surface area contributed by atoms with Crippen LogP contribution in [0.4, 0.5) is 0 Å². The zero-order valence-electron chi connectivity index (χ0n) is 12.5. The lowest BCUT2D eigenvalue weighted by Crippen LogP contribution is -2.57. The van der Waals surface area contributed by atoms with Gasteiger partial charge in [0.1, 0.15) is 0 Å². The molecule has 3 nitrogen and oxygen atoms in total. The Morgan fingerprint density at radius 1 is 1.06 bits per heavy atom. The van der Waals surface area contributed by atoms with Crippen LogP contribution in [0.5, 0.6) is 0 Å². The van der Waals surface area contributed by atoms with E-state index in [0.29, 0.717) is 6.61 Å². The highest BCUT2D eigenvalue weighted by Crippen LogP contribution is 2.28. The van der Waals surface area contributed by atoms with Crippen LogP contribution in [0.3, 0.4) is 0 Å². The molecule has 0 aromatic carbocycles. The molecule has 0 bridgehead atoms. The molecular weight excluding hydrogens is 214 g/mol. The van der Waals surface area contributed by atoms with Crippen molar-refractivity contribution in [2.75, 3.05) is 19.7 Å². The molecule has 17 heavy (non-hydrogen) atoms. The summed E-state index contributed by atoms with van der Waals surface area (Å²) in [7, 11) is 0. The molecule has 1 N–H and O–H groups in total. The largest absolute Gasteiger partial charge is 0.389 e. The van der Waals surface area contributed by atoms with E-state index in [9.17, 15) is 5.11 Å². The van der Waals surface area contributed by atoms with E-state index in [4.69, 9.17) is 4.74 Å². The average molecular weight is 245 g/mol. The highest BCUT2D eigenvalue weighted by atomic mass is 16.5. The molecule has 0 aliphatic carbocycles. The highest BCUT2D eigenvalue weighted by Gasteiger charge is 2.39. The first-order valence-corrected chi connectivity index (χ1v) is 7.03. The first-order valence-electron chi connectivity index (χ1n) is 7.03. The summed E-state index contributed by atoms with van der Waals surface area (Å²) in [6.07, 6.45) is 1.66. The topological polar surface area (TPSA) is 32.7 Å². The second-order valence-electron chi connectivity index (χ2n) is 4.88. The monoisotopic (exact) mass is 245 g/mol. The van der Waals surface area contributed by atoms with Crippen molar-refractivity contribution < 1.29 is 9.84 Å². The number of likely N-dealkylation sites (N-methyl/N-ethyl adjacent to an activating group) is 1. The van der Waals surface area contributed by atoms with Gasteiger partial charge in [-0.1, -0.05) is 27.7 Å². The summed E-state index contributed by atoms with van der Waals surface area (Å²) in [4.78, 5) is 2.36. The van der Waals surface area contributed by atoms with Crippen LogP contribution in [0.1, 0.15) is 54.4 Å². The summed E-state index contributed by atoms with van der Waals surface area (Å²) in [6, 6.07) is 0. The number of rotatable bonds is 9. The smallest absolute Gasteiger partial charge is 0.0956 e. The zero-order valence-corrected chi connectivity index (χ0v) is 12.5. The normalized spacial score (nSPS) is 14.6. The molecule has 104 valence electrons. The van der Waals surface area contributed by atoms with Crippen molar-refractivity contribution in [1.82, 2.24) is 4.90 Å². The summed E-state index contributed by atoms with van der Waals surface area (Å²) in [5.74, 6) is 0. The number of nitrogens with zero attached hydrogens (tertiary/aromatic N) is 1. The summed E-state index contributed by atoms with van der Waals surface area (Å²) in [6.45, 7) is 15.0. The molecule has 0 spiro atoms. The molecule has 0 aliphatic heterocycles. The van der Waals surface area contributed by atoms with Crippen LogP contribution in [-0.2, 0) is 4.74 Å². The van der Waals surface area contributed by atoms with Crippen molar-refractivity contribution in [1.29, 1.82) is 0 Å². The molecule has 0 aromatic heterocycles. The van der Waals surface area contributed by atoms with E-state index in [-0.39, 0.29) is 11.6 Å².